The molecule has 0 radical (unpaired) electrons. The highest BCUT2D eigenvalue weighted by atomic mass is 79.9. The molecule has 4 heteroatoms. The van der Waals surface area contributed by atoms with Crippen LogP contribution in [0.5, 0.6) is 0 Å². The summed E-state index contributed by atoms with van der Waals surface area (Å²) >= 11 is 7.16. The Balaban J connectivity index is 2.36. The molecule has 2 rings (SSSR count). The maximum atomic E-state index is 6.01. The van der Waals surface area contributed by atoms with Crippen LogP contribution < -0.4 is 5.73 Å². The molecular weight excluding hydrogens is 368 g/mol. The van der Waals surface area contributed by atoms with E-state index in [0.717, 1.165) is 15.5 Å². The van der Waals surface area contributed by atoms with Gasteiger partial charge in [0.05, 0.1) is 0 Å². The van der Waals surface area contributed by atoms with Crippen LogP contribution >= 0.6 is 31.9 Å². The highest BCUT2D eigenvalue weighted by molar-refractivity contribution is 9.13. The zero-order chi connectivity index (χ0) is 14.0. The van der Waals surface area contributed by atoms with E-state index < -0.39 is 0 Å². The molecule has 1 aromatic rings. The Bertz CT molecular complexity index is 434. The lowest BCUT2D eigenvalue weighted by Crippen LogP contribution is -2.44. The fourth-order valence-corrected chi connectivity index (χ4v) is 3.73. The number of likely N-dealkylation sites (tertiary alicyclic amines) is 1. The van der Waals surface area contributed by atoms with Gasteiger partial charge in [0, 0.05) is 21.0 Å². The molecule has 2 nitrogen and oxygen atoms in total. The van der Waals surface area contributed by atoms with Crippen LogP contribution in [0.15, 0.2) is 27.1 Å². The summed E-state index contributed by atoms with van der Waals surface area (Å²) in [6, 6.07) is 7.59. The normalized spacial score (nSPS) is 24.9. The Hall–Kier alpha value is 0.1000. The van der Waals surface area contributed by atoms with Gasteiger partial charge in [-0.3, -0.25) is 4.90 Å². The van der Waals surface area contributed by atoms with Gasteiger partial charge < -0.3 is 5.73 Å². The number of nitrogens with two attached hydrogens (primary N) is 1. The Labute approximate surface area is 133 Å². The molecule has 1 fully saturated rings. The third kappa shape index (κ3) is 3.41. The van der Waals surface area contributed by atoms with Crippen molar-refractivity contribution in [1.82, 2.24) is 4.90 Å². The van der Waals surface area contributed by atoms with Gasteiger partial charge in [0.15, 0.2) is 0 Å². The predicted molar refractivity (Wildman–Crippen MR) is 88.2 cm³/mol. The number of rotatable bonds is 3. The lowest BCUT2D eigenvalue weighted by atomic mass is 9.84. The summed E-state index contributed by atoms with van der Waals surface area (Å²) in [6.45, 7) is 6.49. The van der Waals surface area contributed by atoms with Crippen molar-refractivity contribution in [2.75, 3.05) is 13.1 Å². The van der Waals surface area contributed by atoms with Crippen LogP contribution in [0.4, 0.5) is 0 Å². The minimum atomic E-state index is 0.447. The van der Waals surface area contributed by atoms with Crippen LogP contribution in [0.1, 0.15) is 38.3 Å². The number of hydrogen-bond donors (Lipinski definition) is 1. The molecule has 1 aliphatic heterocycles. The van der Waals surface area contributed by atoms with E-state index >= 15 is 0 Å². The average molecular weight is 390 g/mol. The third-order valence-corrected chi connectivity index (χ3v) is 5.93. The number of nitrogens with zero attached hydrogens (tertiary/aromatic N) is 1. The molecule has 106 valence electrons. The molecular formula is C15H22Br2N2. The summed E-state index contributed by atoms with van der Waals surface area (Å²) in [4.78, 5) is 2.59. The van der Waals surface area contributed by atoms with Gasteiger partial charge in [0.2, 0.25) is 0 Å². The molecule has 1 saturated heterocycles. The summed E-state index contributed by atoms with van der Waals surface area (Å²) < 4.78 is 2.22. The number of hydrogen-bond acceptors (Lipinski definition) is 2. The standard InChI is InChI=1S/C15H22Br2N2/c1-10(2)19-7-3-4-12(9-18)15(19)11-5-6-13(16)14(17)8-11/h5-6,8,10,12,15H,3-4,7,9,18H2,1-2H3. The lowest BCUT2D eigenvalue weighted by Gasteiger charge is -2.43. The summed E-state index contributed by atoms with van der Waals surface area (Å²) in [5, 5.41) is 0. The van der Waals surface area contributed by atoms with Crippen LogP contribution in [0.25, 0.3) is 0 Å². The van der Waals surface area contributed by atoms with Crippen molar-refractivity contribution in [1.29, 1.82) is 0 Å². The minimum Gasteiger partial charge on any atom is -0.330 e. The Morgan fingerprint density at radius 1 is 1.32 bits per heavy atom. The molecule has 2 atom stereocenters. The van der Waals surface area contributed by atoms with Crippen LogP contribution in [0, 0.1) is 5.92 Å². The Morgan fingerprint density at radius 2 is 2.05 bits per heavy atom. The van der Waals surface area contributed by atoms with Gasteiger partial charge in [0.1, 0.15) is 0 Å². The van der Waals surface area contributed by atoms with E-state index in [1.807, 2.05) is 0 Å². The quantitative estimate of drug-likeness (QED) is 0.833. The van der Waals surface area contributed by atoms with E-state index in [2.05, 4.69) is 68.8 Å². The van der Waals surface area contributed by atoms with Crippen LogP contribution in [0.2, 0.25) is 0 Å². The topological polar surface area (TPSA) is 29.3 Å². The molecule has 0 bridgehead atoms. The highest BCUT2D eigenvalue weighted by Crippen LogP contribution is 2.38. The van der Waals surface area contributed by atoms with Crippen LogP contribution in [0.3, 0.4) is 0 Å². The maximum Gasteiger partial charge on any atom is 0.0391 e. The number of halogens is 2. The first kappa shape index (κ1) is 15.5. The summed E-state index contributed by atoms with van der Waals surface area (Å²) in [7, 11) is 0. The zero-order valence-electron chi connectivity index (χ0n) is 11.6. The van der Waals surface area contributed by atoms with Gasteiger partial charge in [-0.05, 0) is 95.3 Å². The van der Waals surface area contributed by atoms with Gasteiger partial charge in [-0.2, -0.15) is 0 Å². The van der Waals surface area contributed by atoms with Crippen LogP contribution in [-0.4, -0.2) is 24.0 Å². The van der Waals surface area contributed by atoms with E-state index in [9.17, 15) is 0 Å². The zero-order valence-corrected chi connectivity index (χ0v) is 14.7. The SMILES string of the molecule is CC(C)N1CCCC(CN)C1c1ccc(Br)c(Br)c1. The second kappa shape index (κ2) is 6.70. The molecule has 2 N–H and O–H groups in total. The Kier molecular flexibility index (Phi) is 5.46. The van der Waals surface area contributed by atoms with Crippen molar-refractivity contribution in [2.45, 2.75) is 38.8 Å². The molecule has 1 aromatic carbocycles. The summed E-state index contributed by atoms with van der Waals surface area (Å²) in [5.74, 6) is 0.559. The molecule has 0 aliphatic carbocycles. The van der Waals surface area contributed by atoms with Crippen molar-refractivity contribution in [3.63, 3.8) is 0 Å². The van der Waals surface area contributed by atoms with Crippen molar-refractivity contribution < 1.29 is 0 Å². The second-order valence-electron chi connectivity index (χ2n) is 5.59. The molecule has 1 aliphatic rings. The van der Waals surface area contributed by atoms with Gasteiger partial charge in [0.25, 0.3) is 0 Å². The highest BCUT2D eigenvalue weighted by Gasteiger charge is 2.33. The van der Waals surface area contributed by atoms with Crippen LogP contribution in [-0.2, 0) is 0 Å². The van der Waals surface area contributed by atoms with E-state index in [4.69, 9.17) is 5.73 Å². The molecule has 0 amide bonds. The van der Waals surface area contributed by atoms with Crippen molar-refractivity contribution in [3.05, 3.63) is 32.7 Å². The average Bonchev–Trinajstić information content (AvgIpc) is 2.41. The second-order valence-corrected chi connectivity index (χ2v) is 7.30. The largest absolute Gasteiger partial charge is 0.330 e. The lowest BCUT2D eigenvalue weighted by molar-refractivity contribution is 0.0665. The fraction of sp³-hybridized carbons (Fsp3) is 0.600. The van der Waals surface area contributed by atoms with Crippen molar-refractivity contribution in [3.8, 4) is 0 Å². The monoisotopic (exact) mass is 388 g/mol. The van der Waals surface area contributed by atoms with Gasteiger partial charge in [-0.25, -0.2) is 0 Å². The fourth-order valence-electron chi connectivity index (χ4n) is 3.09. The van der Waals surface area contributed by atoms with E-state index in [1.54, 1.807) is 0 Å². The first-order valence-corrected chi connectivity index (χ1v) is 8.54. The number of piperidine rings is 1. The van der Waals surface area contributed by atoms with Gasteiger partial charge >= 0.3 is 0 Å². The van der Waals surface area contributed by atoms with E-state index in [0.29, 0.717) is 18.0 Å². The van der Waals surface area contributed by atoms with Crippen molar-refractivity contribution >= 4 is 31.9 Å². The van der Waals surface area contributed by atoms with Crippen molar-refractivity contribution in [2.24, 2.45) is 11.7 Å². The smallest absolute Gasteiger partial charge is 0.0391 e. The molecule has 19 heavy (non-hydrogen) atoms. The molecule has 0 aromatic heterocycles. The van der Waals surface area contributed by atoms with E-state index in [1.165, 1.54) is 24.9 Å². The molecule has 1 heterocycles. The first-order chi connectivity index (χ1) is 9.04. The molecule has 0 saturated carbocycles. The predicted octanol–water partition coefficient (Wildman–Crippen LogP) is 4.33. The summed E-state index contributed by atoms with van der Waals surface area (Å²) in [6.07, 6.45) is 2.49. The number of benzene rings is 1. The molecule has 2 unspecified atom stereocenters. The molecule has 0 spiro atoms. The van der Waals surface area contributed by atoms with E-state index in [-0.39, 0.29) is 0 Å². The van der Waals surface area contributed by atoms with Gasteiger partial charge in [-0.1, -0.05) is 6.07 Å². The first-order valence-electron chi connectivity index (χ1n) is 6.95. The Morgan fingerprint density at radius 3 is 2.63 bits per heavy atom. The minimum absolute atomic E-state index is 0.447. The summed E-state index contributed by atoms with van der Waals surface area (Å²) in [5.41, 5.74) is 7.39. The van der Waals surface area contributed by atoms with Gasteiger partial charge in [-0.15, -0.1) is 0 Å². The maximum absolute atomic E-state index is 6.01. The third-order valence-electron chi connectivity index (χ3n) is 4.05.